The summed E-state index contributed by atoms with van der Waals surface area (Å²) in [6, 6.07) is 11.2. The summed E-state index contributed by atoms with van der Waals surface area (Å²) < 4.78 is 5.11. The maximum atomic E-state index is 12.0. The van der Waals surface area contributed by atoms with Crippen LogP contribution in [0.4, 0.5) is 27.7 Å². The van der Waals surface area contributed by atoms with Crippen LogP contribution in [-0.2, 0) is 11.3 Å². The molecule has 1 fully saturated rings. The molecule has 35 heavy (non-hydrogen) atoms. The van der Waals surface area contributed by atoms with E-state index < -0.39 is 4.92 Å². The normalized spacial score (nSPS) is 13.5. The van der Waals surface area contributed by atoms with Gasteiger partial charge >= 0.3 is 6.09 Å². The SMILES string of the molecule is CCNc1cc2ncnc(NCc3ccccc3N3CCN(C(=O)OCC)CC3)c2cc1[N+](=O)[O-]. The minimum Gasteiger partial charge on any atom is -0.450 e. The highest BCUT2D eigenvalue weighted by Crippen LogP contribution is 2.32. The Hall–Kier alpha value is -4.15. The number of amides is 1. The van der Waals surface area contributed by atoms with Crippen molar-refractivity contribution in [3.63, 3.8) is 0 Å². The number of hydrogen-bond acceptors (Lipinski definition) is 9. The summed E-state index contributed by atoms with van der Waals surface area (Å²) in [7, 11) is 0. The highest BCUT2D eigenvalue weighted by atomic mass is 16.6. The smallest absolute Gasteiger partial charge is 0.409 e. The van der Waals surface area contributed by atoms with Crippen LogP contribution in [0.2, 0.25) is 0 Å². The molecule has 184 valence electrons. The number of rotatable bonds is 8. The third kappa shape index (κ3) is 5.34. The third-order valence-corrected chi connectivity index (χ3v) is 5.90. The standard InChI is InChI=1S/C24H29N7O4/c1-3-25-20-14-19-18(13-22(20)31(33)34)23(28-16-27-19)26-15-17-7-5-6-8-21(17)29-9-11-30(12-10-29)24(32)35-4-2/h5-8,13-14,16,25H,3-4,9-12,15H2,1-2H3,(H,26,27,28). The fourth-order valence-electron chi connectivity index (χ4n) is 4.21. The van der Waals surface area contributed by atoms with Crippen molar-refractivity contribution < 1.29 is 14.5 Å². The van der Waals surface area contributed by atoms with E-state index in [4.69, 9.17) is 4.74 Å². The molecule has 1 aliphatic heterocycles. The van der Waals surface area contributed by atoms with E-state index in [0.717, 1.165) is 11.3 Å². The lowest BCUT2D eigenvalue weighted by molar-refractivity contribution is -0.383. The first-order valence-corrected chi connectivity index (χ1v) is 11.7. The predicted octanol–water partition coefficient (Wildman–Crippen LogP) is 3.86. The Balaban J connectivity index is 1.53. The van der Waals surface area contributed by atoms with Crippen molar-refractivity contribution in [3.8, 4) is 0 Å². The van der Waals surface area contributed by atoms with Gasteiger partial charge in [0.25, 0.3) is 5.69 Å². The zero-order chi connectivity index (χ0) is 24.8. The van der Waals surface area contributed by atoms with Crippen molar-refractivity contribution in [2.24, 2.45) is 0 Å². The number of nitro benzene ring substituents is 1. The van der Waals surface area contributed by atoms with Crippen LogP contribution in [0.15, 0.2) is 42.7 Å². The lowest BCUT2D eigenvalue weighted by atomic mass is 10.1. The number of hydrogen-bond donors (Lipinski definition) is 2. The molecule has 1 aromatic heterocycles. The van der Waals surface area contributed by atoms with Crippen LogP contribution >= 0.6 is 0 Å². The van der Waals surface area contributed by atoms with Crippen LogP contribution in [0, 0.1) is 10.1 Å². The van der Waals surface area contributed by atoms with E-state index in [-0.39, 0.29) is 11.8 Å². The first-order valence-electron chi connectivity index (χ1n) is 11.7. The minimum atomic E-state index is -0.403. The maximum absolute atomic E-state index is 12.0. The van der Waals surface area contributed by atoms with Crippen molar-refractivity contribution >= 4 is 39.9 Å². The Morgan fingerprint density at radius 2 is 1.89 bits per heavy atom. The lowest BCUT2D eigenvalue weighted by Gasteiger charge is -2.36. The highest BCUT2D eigenvalue weighted by Gasteiger charge is 2.23. The molecule has 1 aliphatic rings. The molecule has 0 radical (unpaired) electrons. The number of nitrogens with one attached hydrogen (secondary N) is 2. The predicted molar refractivity (Wildman–Crippen MR) is 135 cm³/mol. The Kier molecular flexibility index (Phi) is 7.44. The summed E-state index contributed by atoms with van der Waals surface area (Å²) >= 11 is 0. The Morgan fingerprint density at radius 3 is 2.60 bits per heavy atom. The topological polar surface area (TPSA) is 126 Å². The van der Waals surface area contributed by atoms with E-state index in [2.05, 4.69) is 31.6 Å². The number of ether oxygens (including phenoxy) is 1. The average Bonchev–Trinajstić information content (AvgIpc) is 2.87. The molecule has 11 heteroatoms. The van der Waals surface area contributed by atoms with Gasteiger partial charge in [0.05, 0.1) is 17.0 Å². The molecule has 0 bridgehead atoms. The van der Waals surface area contributed by atoms with Gasteiger partial charge in [-0.15, -0.1) is 0 Å². The summed E-state index contributed by atoms with van der Waals surface area (Å²) in [6.07, 6.45) is 1.18. The molecule has 1 saturated heterocycles. The number of aromatic nitrogens is 2. The molecule has 11 nitrogen and oxygen atoms in total. The summed E-state index contributed by atoms with van der Waals surface area (Å²) in [5.74, 6) is 0.531. The molecule has 0 aliphatic carbocycles. The number of piperazine rings is 1. The molecule has 2 aromatic carbocycles. The van der Waals surface area contributed by atoms with Crippen molar-refractivity contribution in [2.75, 3.05) is 54.9 Å². The Morgan fingerprint density at radius 1 is 1.11 bits per heavy atom. The number of anilines is 3. The fourth-order valence-corrected chi connectivity index (χ4v) is 4.21. The van der Waals surface area contributed by atoms with E-state index in [1.54, 1.807) is 17.9 Å². The van der Waals surface area contributed by atoms with Crippen LogP contribution < -0.4 is 15.5 Å². The zero-order valence-corrected chi connectivity index (χ0v) is 19.9. The fraction of sp³-hybridized carbons (Fsp3) is 0.375. The van der Waals surface area contributed by atoms with Crippen molar-refractivity contribution in [3.05, 3.63) is 58.4 Å². The van der Waals surface area contributed by atoms with Crippen LogP contribution in [0.5, 0.6) is 0 Å². The maximum Gasteiger partial charge on any atom is 0.409 e. The Labute approximate surface area is 203 Å². The van der Waals surface area contributed by atoms with Gasteiger partial charge in [-0.1, -0.05) is 18.2 Å². The molecule has 0 saturated carbocycles. The van der Waals surface area contributed by atoms with Gasteiger partial charge in [0, 0.05) is 56.4 Å². The molecule has 3 aromatic rings. The zero-order valence-electron chi connectivity index (χ0n) is 19.9. The second-order valence-corrected chi connectivity index (χ2v) is 8.05. The highest BCUT2D eigenvalue weighted by molar-refractivity contribution is 5.94. The molecule has 2 heterocycles. The van der Waals surface area contributed by atoms with Gasteiger partial charge in [0.1, 0.15) is 17.8 Å². The largest absolute Gasteiger partial charge is 0.450 e. The van der Waals surface area contributed by atoms with Crippen LogP contribution in [0.3, 0.4) is 0 Å². The number of carbonyl (C=O) groups is 1. The Bertz CT molecular complexity index is 1210. The molecule has 0 atom stereocenters. The quantitative estimate of drug-likeness (QED) is 0.366. The second-order valence-electron chi connectivity index (χ2n) is 8.05. The molecule has 1 amide bonds. The average molecular weight is 480 g/mol. The van der Waals surface area contributed by atoms with E-state index in [1.165, 1.54) is 12.4 Å². The monoisotopic (exact) mass is 479 g/mol. The van der Waals surface area contributed by atoms with Crippen LogP contribution in [0.1, 0.15) is 19.4 Å². The molecular formula is C24H29N7O4. The van der Waals surface area contributed by atoms with Crippen LogP contribution in [-0.4, -0.2) is 65.2 Å². The van der Waals surface area contributed by atoms with Crippen molar-refractivity contribution in [1.82, 2.24) is 14.9 Å². The van der Waals surface area contributed by atoms with Gasteiger partial charge in [-0.2, -0.15) is 0 Å². The number of para-hydroxylation sites is 1. The first-order chi connectivity index (χ1) is 17.0. The lowest BCUT2D eigenvalue weighted by Crippen LogP contribution is -2.49. The number of nitro groups is 1. The van der Waals surface area contributed by atoms with Gasteiger partial charge in [-0.25, -0.2) is 14.8 Å². The van der Waals surface area contributed by atoms with Gasteiger partial charge < -0.3 is 25.2 Å². The van der Waals surface area contributed by atoms with E-state index in [0.29, 0.717) is 68.3 Å². The van der Waals surface area contributed by atoms with Crippen LogP contribution in [0.25, 0.3) is 10.9 Å². The second kappa shape index (κ2) is 10.9. The van der Waals surface area contributed by atoms with E-state index in [9.17, 15) is 14.9 Å². The van der Waals surface area contributed by atoms with E-state index >= 15 is 0 Å². The third-order valence-electron chi connectivity index (χ3n) is 5.90. The van der Waals surface area contributed by atoms with Gasteiger partial charge in [0.2, 0.25) is 0 Å². The van der Waals surface area contributed by atoms with E-state index in [1.807, 2.05) is 25.1 Å². The summed E-state index contributed by atoms with van der Waals surface area (Å²) in [4.78, 5) is 35.9. The molecule has 0 spiro atoms. The van der Waals surface area contributed by atoms with Crippen molar-refractivity contribution in [2.45, 2.75) is 20.4 Å². The summed E-state index contributed by atoms with van der Waals surface area (Å²) in [5.41, 5.74) is 3.16. The van der Waals surface area contributed by atoms with Gasteiger partial charge in [0.15, 0.2) is 0 Å². The summed E-state index contributed by atoms with van der Waals surface area (Å²) in [5, 5.41) is 18.6. The van der Waals surface area contributed by atoms with Gasteiger partial charge in [-0.3, -0.25) is 10.1 Å². The molecule has 4 rings (SSSR count). The minimum absolute atomic E-state index is 0.0166. The van der Waals surface area contributed by atoms with Crippen molar-refractivity contribution in [1.29, 1.82) is 0 Å². The van der Waals surface area contributed by atoms with Gasteiger partial charge in [-0.05, 0) is 31.5 Å². The molecule has 0 unspecified atom stereocenters. The first kappa shape index (κ1) is 24.0. The molecular weight excluding hydrogens is 450 g/mol. The number of nitrogens with zero attached hydrogens (tertiary/aromatic N) is 5. The number of benzene rings is 2. The molecule has 2 N–H and O–H groups in total. The number of fused-ring (bicyclic) bond motifs is 1. The number of carbonyl (C=O) groups excluding carboxylic acids is 1. The summed E-state index contributed by atoms with van der Waals surface area (Å²) in [6.45, 7) is 7.68.